The van der Waals surface area contributed by atoms with Gasteiger partial charge in [-0.05, 0) is 31.5 Å². The van der Waals surface area contributed by atoms with Crippen LogP contribution in [-0.2, 0) is 0 Å². The highest BCUT2D eigenvalue weighted by molar-refractivity contribution is 6.32. The van der Waals surface area contributed by atoms with Gasteiger partial charge in [0.05, 0.1) is 16.9 Å². The van der Waals surface area contributed by atoms with Gasteiger partial charge in [-0.25, -0.2) is 4.68 Å². The Morgan fingerprint density at radius 1 is 1.29 bits per heavy atom. The molecule has 0 N–H and O–H groups in total. The molecule has 0 aliphatic heterocycles. The summed E-state index contributed by atoms with van der Waals surface area (Å²) in [6.07, 6.45) is 0.705. The van der Waals surface area contributed by atoms with Crippen LogP contribution in [0.1, 0.15) is 21.6 Å². The van der Waals surface area contributed by atoms with Crippen LogP contribution < -0.4 is 0 Å². The largest absolute Gasteiger partial charge is 0.298 e. The lowest BCUT2D eigenvalue weighted by Gasteiger charge is -2.05. The molecule has 1 aromatic carbocycles. The molecule has 0 unspecified atom stereocenters. The van der Waals surface area contributed by atoms with Gasteiger partial charge in [-0.3, -0.25) is 4.79 Å². The van der Waals surface area contributed by atoms with Gasteiger partial charge < -0.3 is 0 Å². The first-order valence-electron chi connectivity index (χ1n) is 5.01. The fourth-order valence-corrected chi connectivity index (χ4v) is 2.02. The maximum Gasteiger partial charge on any atom is 0.155 e. The number of carbonyl (C=O) groups is 1. The number of halogens is 2. The number of carbonyl (C=O) groups excluding carboxylic acids is 1. The fraction of sp³-hybridized carbons (Fsp3) is 0.167. The van der Waals surface area contributed by atoms with Crippen molar-refractivity contribution < 1.29 is 4.79 Å². The third-order valence-corrected chi connectivity index (χ3v) is 3.34. The van der Waals surface area contributed by atoms with Crippen molar-refractivity contribution in [1.29, 1.82) is 0 Å². The molecule has 0 aliphatic carbocycles. The lowest BCUT2D eigenvalue weighted by molar-refractivity contribution is 0.112. The van der Waals surface area contributed by atoms with E-state index in [9.17, 15) is 4.79 Å². The van der Waals surface area contributed by atoms with Gasteiger partial charge in [0, 0.05) is 5.02 Å². The molecule has 0 bridgehead atoms. The molecule has 0 spiro atoms. The minimum Gasteiger partial charge on any atom is -0.298 e. The molecule has 0 radical (unpaired) electrons. The van der Waals surface area contributed by atoms with E-state index in [1.165, 1.54) is 4.68 Å². The Balaban J connectivity index is 2.60. The Hall–Kier alpha value is -1.32. The molecule has 2 rings (SSSR count). The Kier molecular flexibility index (Phi) is 3.22. The number of benzene rings is 1. The van der Waals surface area contributed by atoms with E-state index in [0.29, 0.717) is 27.7 Å². The van der Waals surface area contributed by atoms with Crippen molar-refractivity contribution >= 4 is 29.5 Å². The predicted octanol–water partition coefficient (Wildman–Crippen LogP) is 3.61. The molecule has 2 aromatic rings. The van der Waals surface area contributed by atoms with Crippen LogP contribution in [0.3, 0.4) is 0 Å². The van der Waals surface area contributed by atoms with Crippen molar-refractivity contribution in [2.75, 3.05) is 0 Å². The van der Waals surface area contributed by atoms with E-state index in [4.69, 9.17) is 23.2 Å². The highest BCUT2D eigenvalue weighted by Crippen LogP contribution is 2.25. The van der Waals surface area contributed by atoms with Crippen LogP contribution in [0.4, 0.5) is 0 Å². The van der Waals surface area contributed by atoms with Gasteiger partial charge >= 0.3 is 0 Å². The third-order valence-electron chi connectivity index (χ3n) is 2.57. The quantitative estimate of drug-likeness (QED) is 0.780. The number of aldehydes is 1. The van der Waals surface area contributed by atoms with Crippen molar-refractivity contribution in [3.05, 3.63) is 45.2 Å². The van der Waals surface area contributed by atoms with Crippen LogP contribution in [0.5, 0.6) is 0 Å². The number of aromatic nitrogens is 2. The van der Waals surface area contributed by atoms with Crippen molar-refractivity contribution in [3.63, 3.8) is 0 Å². The van der Waals surface area contributed by atoms with E-state index in [0.717, 1.165) is 11.3 Å². The topological polar surface area (TPSA) is 34.9 Å². The van der Waals surface area contributed by atoms with Gasteiger partial charge in [0.1, 0.15) is 5.15 Å². The summed E-state index contributed by atoms with van der Waals surface area (Å²) in [6.45, 7) is 3.65. The first-order valence-corrected chi connectivity index (χ1v) is 5.77. The average Bonchev–Trinajstić information content (AvgIpc) is 2.58. The normalized spacial score (nSPS) is 10.6. The summed E-state index contributed by atoms with van der Waals surface area (Å²) in [4.78, 5) is 10.9. The molecule has 0 amide bonds. The minimum atomic E-state index is 0.303. The van der Waals surface area contributed by atoms with Crippen LogP contribution >= 0.6 is 23.2 Å². The van der Waals surface area contributed by atoms with E-state index >= 15 is 0 Å². The van der Waals surface area contributed by atoms with Gasteiger partial charge in [0.2, 0.25) is 0 Å². The highest BCUT2D eigenvalue weighted by atomic mass is 35.5. The molecule has 0 saturated heterocycles. The smallest absolute Gasteiger partial charge is 0.155 e. The molecule has 88 valence electrons. The zero-order valence-corrected chi connectivity index (χ0v) is 10.9. The molecule has 0 fully saturated rings. The maximum atomic E-state index is 10.9. The number of rotatable bonds is 2. The molecule has 5 heteroatoms. The van der Waals surface area contributed by atoms with E-state index in [1.54, 1.807) is 13.0 Å². The Labute approximate surface area is 109 Å². The van der Waals surface area contributed by atoms with E-state index in [1.807, 2.05) is 19.1 Å². The number of hydrogen-bond donors (Lipinski definition) is 0. The number of aryl methyl sites for hydroxylation is 2. The second-order valence-electron chi connectivity index (χ2n) is 3.75. The van der Waals surface area contributed by atoms with Crippen LogP contribution in [0.2, 0.25) is 10.2 Å². The van der Waals surface area contributed by atoms with E-state index in [-0.39, 0.29) is 0 Å². The van der Waals surface area contributed by atoms with E-state index in [2.05, 4.69) is 5.10 Å². The van der Waals surface area contributed by atoms with Crippen LogP contribution in [0.15, 0.2) is 18.2 Å². The maximum absolute atomic E-state index is 10.9. The molecule has 1 aromatic heterocycles. The Morgan fingerprint density at radius 2 is 2.00 bits per heavy atom. The fourth-order valence-electron chi connectivity index (χ4n) is 1.53. The molecule has 3 nitrogen and oxygen atoms in total. The summed E-state index contributed by atoms with van der Waals surface area (Å²) in [7, 11) is 0. The van der Waals surface area contributed by atoms with Crippen molar-refractivity contribution in [3.8, 4) is 5.69 Å². The Bertz CT molecular complexity index is 590. The highest BCUT2D eigenvalue weighted by Gasteiger charge is 2.14. The lowest BCUT2D eigenvalue weighted by Crippen LogP contribution is -1.97. The predicted molar refractivity (Wildman–Crippen MR) is 68.4 cm³/mol. The summed E-state index contributed by atoms with van der Waals surface area (Å²) < 4.78 is 1.51. The standard InChI is InChI=1S/C12H10Cl2N2O/c1-7-3-4-9(5-11(7)13)16-12(14)10(6-17)8(2)15-16/h3-6H,1-2H3. The first kappa shape index (κ1) is 12.1. The van der Waals surface area contributed by atoms with Crippen LogP contribution in [-0.4, -0.2) is 16.1 Å². The van der Waals surface area contributed by atoms with Gasteiger partial charge in [-0.1, -0.05) is 29.3 Å². The third kappa shape index (κ3) is 2.08. The second kappa shape index (κ2) is 4.51. The van der Waals surface area contributed by atoms with Gasteiger partial charge in [0.25, 0.3) is 0 Å². The number of nitrogens with zero attached hydrogens (tertiary/aromatic N) is 2. The second-order valence-corrected chi connectivity index (χ2v) is 4.52. The monoisotopic (exact) mass is 268 g/mol. The summed E-state index contributed by atoms with van der Waals surface area (Å²) in [5.41, 5.74) is 2.72. The lowest BCUT2D eigenvalue weighted by atomic mass is 10.2. The molecule has 17 heavy (non-hydrogen) atoms. The molecule has 0 aliphatic rings. The number of hydrogen-bond acceptors (Lipinski definition) is 2. The summed E-state index contributed by atoms with van der Waals surface area (Å²) in [5.74, 6) is 0. The van der Waals surface area contributed by atoms with Gasteiger partial charge in [0.15, 0.2) is 6.29 Å². The molecule has 1 heterocycles. The van der Waals surface area contributed by atoms with Gasteiger partial charge in [-0.2, -0.15) is 5.10 Å². The van der Waals surface area contributed by atoms with Crippen molar-refractivity contribution in [2.24, 2.45) is 0 Å². The molecular weight excluding hydrogens is 259 g/mol. The summed E-state index contributed by atoms with van der Waals surface area (Å²) >= 11 is 12.1. The summed E-state index contributed by atoms with van der Waals surface area (Å²) in [6, 6.07) is 5.50. The zero-order chi connectivity index (χ0) is 12.6. The molecular formula is C12H10Cl2N2O. The van der Waals surface area contributed by atoms with Crippen LogP contribution in [0.25, 0.3) is 5.69 Å². The minimum absolute atomic E-state index is 0.303. The SMILES string of the molecule is Cc1ccc(-n2nc(C)c(C=O)c2Cl)cc1Cl. The van der Waals surface area contributed by atoms with Gasteiger partial charge in [-0.15, -0.1) is 0 Å². The van der Waals surface area contributed by atoms with E-state index < -0.39 is 0 Å². The zero-order valence-electron chi connectivity index (χ0n) is 9.37. The van der Waals surface area contributed by atoms with Crippen molar-refractivity contribution in [1.82, 2.24) is 9.78 Å². The molecule has 0 atom stereocenters. The van der Waals surface area contributed by atoms with Crippen LogP contribution in [0, 0.1) is 13.8 Å². The Morgan fingerprint density at radius 3 is 2.53 bits per heavy atom. The summed E-state index contributed by atoms with van der Waals surface area (Å²) in [5, 5.41) is 5.16. The molecule has 0 saturated carbocycles. The van der Waals surface area contributed by atoms with Crippen molar-refractivity contribution in [2.45, 2.75) is 13.8 Å². The first-order chi connectivity index (χ1) is 8.04. The average molecular weight is 269 g/mol.